The number of rotatable bonds is 2. The third-order valence-electron chi connectivity index (χ3n) is 2.67. The highest BCUT2D eigenvalue weighted by molar-refractivity contribution is 7.78. The molecule has 0 bridgehead atoms. The monoisotopic (exact) mass is 246 g/mol. The summed E-state index contributed by atoms with van der Waals surface area (Å²) in [4.78, 5) is 28.4. The number of likely N-dealkylation sites (tertiary alicyclic amines) is 1. The third kappa shape index (κ3) is 2.16. The van der Waals surface area contributed by atoms with E-state index in [1.165, 1.54) is 4.90 Å². The molecule has 17 heavy (non-hydrogen) atoms. The van der Waals surface area contributed by atoms with Crippen LogP contribution in [0.5, 0.6) is 0 Å². The third-order valence-corrected chi connectivity index (χ3v) is 2.76. The van der Waals surface area contributed by atoms with Crippen molar-refractivity contribution in [2.75, 3.05) is 0 Å². The molecule has 1 aromatic rings. The lowest BCUT2D eigenvalue weighted by atomic mass is 10.0. The van der Waals surface area contributed by atoms with Crippen LogP contribution in [0.25, 0.3) is 0 Å². The van der Waals surface area contributed by atoms with Gasteiger partial charge < -0.3 is 0 Å². The first-order valence-electron chi connectivity index (χ1n) is 5.18. The van der Waals surface area contributed by atoms with E-state index in [1.807, 2.05) is 6.92 Å². The summed E-state index contributed by atoms with van der Waals surface area (Å²) in [5.41, 5.74) is 1.00. The Morgan fingerprint density at radius 1 is 1.59 bits per heavy atom. The zero-order chi connectivity index (χ0) is 12.4. The topological polar surface area (TPSA) is 49.7 Å². The smallest absolute Gasteiger partial charge is 0.260 e. The van der Waals surface area contributed by atoms with Gasteiger partial charge in [0.05, 0.1) is 10.8 Å². The van der Waals surface area contributed by atoms with Gasteiger partial charge in [-0.25, -0.2) is 0 Å². The molecule has 1 saturated heterocycles. The van der Waals surface area contributed by atoms with Crippen LogP contribution in [0.2, 0.25) is 0 Å². The van der Waals surface area contributed by atoms with Crippen molar-refractivity contribution in [1.82, 2.24) is 4.90 Å². The Hall–Kier alpha value is -1.84. The second-order valence-corrected chi connectivity index (χ2v) is 4.06. The number of imide groups is 1. The molecular formula is C12H10N2O2S. The number of amides is 2. The van der Waals surface area contributed by atoms with Crippen molar-refractivity contribution in [2.24, 2.45) is 4.99 Å². The number of nitrogens with zero attached hydrogens (tertiary/aromatic N) is 2. The first kappa shape index (κ1) is 11.6. The molecule has 0 spiro atoms. The first-order chi connectivity index (χ1) is 8.13. The number of carbonyl (C=O) groups is 2. The van der Waals surface area contributed by atoms with Gasteiger partial charge in [0.15, 0.2) is 0 Å². The molecule has 1 aliphatic heterocycles. The van der Waals surface area contributed by atoms with E-state index in [4.69, 9.17) is 0 Å². The summed E-state index contributed by atoms with van der Waals surface area (Å²) in [7, 11) is 0. The molecule has 0 saturated carbocycles. The van der Waals surface area contributed by atoms with E-state index < -0.39 is 0 Å². The number of aliphatic imine (C=N–C) groups is 1. The molecule has 1 heterocycles. The van der Waals surface area contributed by atoms with Crippen LogP contribution in [0.1, 0.15) is 23.7 Å². The Morgan fingerprint density at radius 2 is 2.35 bits per heavy atom. The van der Waals surface area contributed by atoms with Crippen molar-refractivity contribution >= 4 is 34.9 Å². The van der Waals surface area contributed by atoms with Crippen molar-refractivity contribution in [3.63, 3.8) is 0 Å². The fraction of sp³-hybridized carbons (Fsp3) is 0.250. The zero-order valence-electron chi connectivity index (χ0n) is 9.21. The first-order valence-corrected chi connectivity index (χ1v) is 5.58. The summed E-state index contributed by atoms with van der Waals surface area (Å²) >= 11 is 4.50. The molecule has 0 aliphatic carbocycles. The number of hydrogen-bond acceptors (Lipinski definition) is 4. The van der Waals surface area contributed by atoms with Gasteiger partial charge in [0, 0.05) is 18.0 Å². The van der Waals surface area contributed by atoms with Gasteiger partial charge in [-0.2, -0.15) is 4.99 Å². The summed E-state index contributed by atoms with van der Waals surface area (Å²) in [5, 5.41) is 2.24. The van der Waals surface area contributed by atoms with E-state index in [2.05, 4.69) is 22.4 Å². The highest BCUT2D eigenvalue weighted by atomic mass is 32.1. The molecule has 0 N–H and O–H groups in total. The average Bonchev–Trinajstić information content (AvgIpc) is 2.29. The van der Waals surface area contributed by atoms with E-state index in [1.54, 1.807) is 24.3 Å². The Morgan fingerprint density at radius 3 is 2.94 bits per heavy atom. The van der Waals surface area contributed by atoms with Crippen LogP contribution in [-0.4, -0.2) is 27.9 Å². The Bertz CT molecular complexity index is 535. The minimum Gasteiger partial charge on any atom is -0.275 e. The predicted molar refractivity (Wildman–Crippen MR) is 66.4 cm³/mol. The number of hydrogen-bond donors (Lipinski definition) is 0. The zero-order valence-corrected chi connectivity index (χ0v) is 10.0. The van der Waals surface area contributed by atoms with Gasteiger partial charge in [0.2, 0.25) is 5.91 Å². The van der Waals surface area contributed by atoms with Gasteiger partial charge >= 0.3 is 0 Å². The van der Waals surface area contributed by atoms with Crippen molar-refractivity contribution in [1.29, 1.82) is 0 Å². The molecule has 1 atom stereocenters. The molecule has 0 unspecified atom stereocenters. The maximum atomic E-state index is 12.0. The van der Waals surface area contributed by atoms with E-state index in [0.717, 1.165) is 0 Å². The van der Waals surface area contributed by atoms with Crippen LogP contribution in [0.15, 0.2) is 29.3 Å². The lowest BCUT2D eigenvalue weighted by Crippen LogP contribution is -2.54. The summed E-state index contributed by atoms with van der Waals surface area (Å²) in [5.74, 6) is -0.415. The van der Waals surface area contributed by atoms with Crippen LogP contribution in [0, 0.1) is 0 Å². The molecule has 4 nitrogen and oxygen atoms in total. The number of isothiocyanates is 1. The Kier molecular flexibility index (Phi) is 3.13. The van der Waals surface area contributed by atoms with Gasteiger partial charge in [-0.15, -0.1) is 0 Å². The summed E-state index contributed by atoms with van der Waals surface area (Å²) in [6.45, 7) is 1.85. The van der Waals surface area contributed by atoms with Crippen LogP contribution in [0.4, 0.5) is 5.69 Å². The number of thiocarbonyl (C=S) groups is 1. The SMILES string of the molecule is C[C@@H]1CC(=O)N1C(=O)c1cccc(N=C=S)c1. The van der Waals surface area contributed by atoms with Gasteiger partial charge in [0.1, 0.15) is 0 Å². The molecule has 5 heteroatoms. The van der Waals surface area contributed by atoms with Gasteiger partial charge in [-0.05, 0) is 37.3 Å². The number of β-lactam (4-membered cyclic amide) rings is 1. The predicted octanol–water partition coefficient (Wildman–Crippen LogP) is 2.18. The highest BCUT2D eigenvalue weighted by Crippen LogP contribution is 2.23. The number of carbonyl (C=O) groups excluding carboxylic acids is 2. The molecule has 86 valence electrons. The lowest BCUT2D eigenvalue weighted by Gasteiger charge is -2.36. The molecule has 1 aliphatic rings. The molecule has 1 fully saturated rings. The summed E-state index contributed by atoms with van der Waals surface area (Å²) in [6, 6.07) is 6.65. The molecule has 0 radical (unpaired) electrons. The summed E-state index contributed by atoms with van der Waals surface area (Å²) < 4.78 is 0. The minimum absolute atomic E-state index is 0.0207. The lowest BCUT2D eigenvalue weighted by molar-refractivity contribution is -0.140. The van der Waals surface area contributed by atoms with Crippen LogP contribution >= 0.6 is 12.2 Å². The van der Waals surface area contributed by atoms with E-state index in [0.29, 0.717) is 17.7 Å². The van der Waals surface area contributed by atoms with Gasteiger partial charge in [0.25, 0.3) is 5.91 Å². The van der Waals surface area contributed by atoms with Crippen LogP contribution in [-0.2, 0) is 4.79 Å². The van der Waals surface area contributed by atoms with Gasteiger partial charge in [-0.1, -0.05) is 6.07 Å². The molecule has 2 rings (SSSR count). The van der Waals surface area contributed by atoms with Crippen molar-refractivity contribution in [3.05, 3.63) is 29.8 Å². The van der Waals surface area contributed by atoms with Gasteiger partial charge in [-0.3, -0.25) is 14.5 Å². The average molecular weight is 246 g/mol. The number of benzene rings is 1. The fourth-order valence-electron chi connectivity index (χ4n) is 1.79. The van der Waals surface area contributed by atoms with Crippen molar-refractivity contribution in [3.8, 4) is 0 Å². The van der Waals surface area contributed by atoms with Crippen molar-refractivity contribution < 1.29 is 9.59 Å². The molecule has 1 aromatic carbocycles. The molecule has 0 aromatic heterocycles. The fourth-order valence-corrected chi connectivity index (χ4v) is 1.89. The maximum absolute atomic E-state index is 12.0. The molecule has 2 amide bonds. The maximum Gasteiger partial charge on any atom is 0.260 e. The summed E-state index contributed by atoms with van der Waals surface area (Å²) in [6.07, 6.45) is 0.434. The van der Waals surface area contributed by atoms with Crippen molar-refractivity contribution in [2.45, 2.75) is 19.4 Å². The Balaban J connectivity index is 2.28. The normalized spacial score (nSPS) is 18.3. The standard InChI is InChI=1S/C12H10N2O2S/c1-8-5-11(15)14(8)12(16)9-3-2-4-10(6-9)13-7-17/h2-4,6,8H,5H2,1H3/t8-/m1/s1. The largest absolute Gasteiger partial charge is 0.275 e. The van der Waals surface area contributed by atoms with E-state index in [-0.39, 0.29) is 17.9 Å². The second kappa shape index (κ2) is 4.57. The minimum atomic E-state index is -0.282. The van der Waals surface area contributed by atoms with Crippen LogP contribution < -0.4 is 0 Å². The van der Waals surface area contributed by atoms with E-state index >= 15 is 0 Å². The Labute approximate surface area is 104 Å². The highest BCUT2D eigenvalue weighted by Gasteiger charge is 2.37. The quantitative estimate of drug-likeness (QED) is 0.348. The second-order valence-electron chi connectivity index (χ2n) is 3.88. The molecular weight excluding hydrogens is 236 g/mol. The van der Waals surface area contributed by atoms with Crippen LogP contribution in [0.3, 0.4) is 0 Å². The van der Waals surface area contributed by atoms with E-state index in [9.17, 15) is 9.59 Å².